The lowest BCUT2D eigenvalue weighted by atomic mass is 10.1. The van der Waals surface area contributed by atoms with Gasteiger partial charge in [0.1, 0.15) is 5.82 Å². The zero-order valence-corrected chi connectivity index (χ0v) is 12.6. The van der Waals surface area contributed by atoms with Gasteiger partial charge < -0.3 is 11.1 Å². The van der Waals surface area contributed by atoms with Gasteiger partial charge in [0.05, 0.1) is 17.8 Å². The fraction of sp³-hybridized carbons (Fsp3) is 0.467. The number of nitrogens with two attached hydrogens (primary N) is 1. The van der Waals surface area contributed by atoms with E-state index in [0.29, 0.717) is 18.7 Å². The molecule has 0 aliphatic carbocycles. The molecule has 1 rings (SSSR count). The van der Waals surface area contributed by atoms with Crippen molar-refractivity contribution in [1.82, 2.24) is 4.90 Å². The molecule has 1 unspecified atom stereocenters. The summed E-state index contributed by atoms with van der Waals surface area (Å²) in [7, 11) is 0. The molecule has 1 amide bonds. The van der Waals surface area contributed by atoms with E-state index in [9.17, 15) is 9.18 Å². The number of anilines is 2. The van der Waals surface area contributed by atoms with Gasteiger partial charge in [-0.15, -0.1) is 0 Å². The average molecular weight is 292 g/mol. The molecule has 0 aliphatic heterocycles. The standard InChI is InChI=1S/C15H21FN4O/c1-10(2)20(8-4-7-17)11(3)15(21)19-12-5-6-13(16)14(18)9-12/h5-6,9-11H,4,8,18H2,1-3H3,(H,19,21). The van der Waals surface area contributed by atoms with Crippen molar-refractivity contribution in [3.63, 3.8) is 0 Å². The number of nitrogen functional groups attached to an aromatic ring is 1. The van der Waals surface area contributed by atoms with Crippen molar-refractivity contribution in [1.29, 1.82) is 5.26 Å². The Morgan fingerprint density at radius 2 is 2.14 bits per heavy atom. The normalized spacial score (nSPS) is 12.2. The predicted molar refractivity (Wildman–Crippen MR) is 81.0 cm³/mol. The molecule has 5 nitrogen and oxygen atoms in total. The highest BCUT2D eigenvalue weighted by Gasteiger charge is 2.23. The highest BCUT2D eigenvalue weighted by molar-refractivity contribution is 5.94. The first-order valence-corrected chi connectivity index (χ1v) is 6.85. The fourth-order valence-corrected chi connectivity index (χ4v) is 2.10. The van der Waals surface area contributed by atoms with Crippen molar-refractivity contribution in [3.05, 3.63) is 24.0 Å². The van der Waals surface area contributed by atoms with Crippen LogP contribution >= 0.6 is 0 Å². The molecule has 0 radical (unpaired) electrons. The fourth-order valence-electron chi connectivity index (χ4n) is 2.10. The number of nitrogens with one attached hydrogen (secondary N) is 1. The Hall–Kier alpha value is -2.13. The van der Waals surface area contributed by atoms with Crippen molar-refractivity contribution >= 4 is 17.3 Å². The lowest BCUT2D eigenvalue weighted by Gasteiger charge is -2.31. The highest BCUT2D eigenvalue weighted by atomic mass is 19.1. The number of hydrogen-bond acceptors (Lipinski definition) is 4. The van der Waals surface area contributed by atoms with Crippen molar-refractivity contribution in [2.45, 2.75) is 39.3 Å². The third kappa shape index (κ3) is 4.72. The molecule has 1 aromatic carbocycles. The summed E-state index contributed by atoms with van der Waals surface area (Å²) in [5.41, 5.74) is 5.92. The molecule has 0 saturated carbocycles. The number of carbonyl (C=O) groups excluding carboxylic acids is 1. The molecule has 0 spiro atoms. The summed E-state index contributed by atoms with van der Waals surface area (Å²) in [6.07, 6.45) is 0.360. The van der Waals surface area contributed by atoms with E-state index < -0.39 is 11.9 Å². The summed E-state index contributed by atoms with van der Waals surface area (Å²) in [6.45, 7) is 6.24. The number of nitrogens with zero attached hydrogens (tertiary/aromatic N) is 2. The molecule has 114 valence electrons. The zero-order chi connectivity index (χ0) is 16.0. The molecule has 0 saturated heterocycles. The summed E-state index contributed by atoms with van der Waals surface area (Å²) in [4.78, 5) is 14.2. The predicted octanol–water partition coefficient (Wildman–Crippen LogP) is 2.36. The second-order valence-electron chi connectivity index (χ2n) is 5.14. The summed E-state index contributed by atoms with van der Waals surface area (Å²) in [5, 5.41) is 11.4. The van der Waals surface area contributed by atoms with Crippen molar-refractivity contribution in [2.75, 3.05) is 17.6 Å². The molecule has 21 heavy (non-hydrogen) atoms. The van der Waals surface area contributed by atoms with Gasteiger partial charge in [-0.25, -0.2) is 4.39 Å². The van der Waals surface area contributed by atoms with Gasteiger partial charge in [0.25, 0.3) is 0 Å². The molecule has 3 N–H and O–H groups in total. The van der Waals surface area contributed by atoms with Gasteiger partial charge in [-0.3, -0.25) is 9.69 Å². The van der Waals surface area contributed by atoms with E-state index in [0.717, 1.165) is 0 Å². The topological polar surface area (TPSA) is 82.2 Å². The van der Waals surface area contributed by atoms with Gasteiger partial charge in [-0.2, -0.15) is 5.26 Å². The Labute approximate surface area is 124 Å². The Kier molecular flexibility index (Phi) is 6.12. The van der Waals surface area contributed by atoms with E-state index in [-0.39, 0.29) is 17.6 Å². The molecule has 0 bridgehead atoms. The van der Waals surface area contributed by atoms with Gasteiger partial charge in [-0.1, -0.05) is 0 Å². The van der Waals surface area contributed by atoms with Gasteiger partial charge in [0.15, 0.2) is 0 Å². The summed E-state index contributed by atoms with van der Waals surface area (Å²) >= 11 is 0. The minimum absolute atomic E-state index is 0.00866. The Balaban J connectivity index is 2.76. The first kappa shape index (κ1) is 16.9. The lowest BCUT2D eigenvalue weighted by Crippen LogP contribution is -2.46. The number of carbonyl (C=O) groups is 1. The van der Waals surface area contributed by atoms with Crippen LogP contribution in [0.15, 0.2) is 18.2 Å². The Morgan fingerprint density at radius 3 is 2.67 bits per heavy atom. The van der Waals surface area contributed by atoms with E-state index >= 15 is 0 Å². The van der Waals surface area contributed by atoms with Crippen LogP contribution in [0.25, 0.3) is 0 Å². The SMILES string of the molecule is CC(C)N(CCC#N)C(C)C(=O)Nc1ccc(F)c(N)c1. The summed E-state index contributed by atoms with van der Waals surface area (Å²) < 4.78 is 13.1. The zero-order valence-electron chi connectivity index (χ0n) is 12.6. The lowest BCUT2D eigenvalue weighted by molar-refractivity contribution is -0.121. The van der Waals surface area contributed by atoms with E-state index in [1.165, 1.54) is 18.2 Å². The van der Waals surface area contributed by atoms with E-state index in [1.54, 1.807) is 6.92 Å². The molecule has 0 aromatic heterocycles. The minimum atomic E-state index is -0.515. The van der Waals surface area contributed by atoms with Crippen LogP contribution in [0.4, 0.5) is 15.8 Å². The van der Waals surface area contributed by atoms with E-state index in [1.807, 2.05) is 18.7 Å². The minimum Gasteiger partial charge on any atom is -0.396 e. The molecule has 0 aliphatic rings. The maximum Gasteiger partial charge on any atom is 0.241 e. The molecule has 6 heteroatoms. The van der Waals surface area contributed by atoms with Crippen LogP contribution < -0.4 is 11.1 Å². The second-order valence-corrected chi connectivity index (χ2v) is 5.14. The average Bonchev–Trinajstić information content (AvgIpc) is 2.42. The number of nitriles is 1. The second kappa shape index (κ2) is 7.60. The van der Waals surface area contributed by atoms with Crippen molar-refractivity contribution in [3.8, 4) is 6.07 Å². The van der Waals surface area contributed by atoms with Gasteiger partial charge in [0.2, 0.25) is 5.91 Å². The van der Waals surface area contributed by atoms with Crippen LogP contribution in [0.1, 0.15) is 27.2 Å². The Morgan fingerprint density at radius 1 is 1.48 bits per heavy atom. The van der Waals surface area contributed by atoms with Crippen LogP contribution in [0.3, 0.4) is 0 Å². The molecular weight excluding hydrogens is 271 g/mol. The monoisotopic (exact) mass is 292 g/mol. The number of halogens is 1. The maximum atomic E-state index is 13.1. The molecule has 1 atom stereocenters. The van der Waals surface area contributed by atoms with Gasteiger partial charge in [-0.05, 0) is 39.0 Å². The number of amides is 1. The quantitative estimate of drug-likeness (QED) is 0.789. The van der Waals surface area contributed by atoms with Crippen LogP contribution in [-0.4, -0.2) is 29.4 Å². The molecular formula is C15H21FN4O. The summed E-state index contributed by atoms with van der Waals surface area (Å²) in [6, 6.07) is 5.88. The number of rotatable bonds is 6. The van der Waals surface area contributed by atoms with E-state index in [4.69, 9.17) is 11.0 Å². The van der Waals surface area contributed by atoms with Crippen molar-refractivity contribution < 1.29 is 9.18 Å². The first-order chi connectivity index (χ1) is 9.86. The van der Waals surface area contributed by atoms with Crippen LogP contribution in [-0.2, 0) is 4.79 Å². The molecule has 0 heterocycles. The Bertz CT molecular complexity index is 539. The van der Waals surface area contributed by atoms with Crippen LogP contribution in [0.2, 0.25) is 0 Å². The highest BCUT2D eigenvalue weighted by Crippen LogP contribution is 2.17. The van der Waals surface area contributed by atoms with Crippen LogP contribution in [0, 0.1) is 17.1 Å². The van der Waals surface area contributed by atoms with Crippen LogP contribution in [0.5, 0.6) is 0 Å². The van der Waals surface area contributed by atoms with Gasteiger partial charge >= 0.3 is 0 Å². The first-order valence-electron chi connectivity index (χ1n) is 6.85. The maximum absolute atomic E-state index is 13.1. The summed E-state index contributed by atoms with van der Waals surface area (Å²) in [5.74, 6) is -0.730. The molecule has 1 aromatic rings. The molecule has 0 fully saturated rings. The number of benzene rings is 1. The van der Waals surface area contributed by atoms with E-state index in [2.05, 4.69) is 11.4 Å². The number of hydrogen-bond donors (Lipinski definition) is 2. The largest absolute Gasteiger partial charge is 0.396 e. The van der Waals surface area contributed by atoms with Crippen molar-refractivity contribution in [2.24, 2.45) is 0 Å². The van der Waals surface area contributed by atoms with Gasteiger partial charge in [0, 0.05) is 24.7 Å². The third-order valence-electron chi connectivity index (χ3n) is 3.29. The third-order valence-corrected chi connectivity index (χ3v) is 3.29. The smallest absolute Gasteiger partial charge is 0.241 e.